The molecule has 7 nitrogen and oxygen atoms in total. The minimum Gasteiger partial charge on any atom is -0.354 e. The summed E-state index contributed by atoms with van der Waals surface area (Å²) < 4.78 is 2.08. The first-order valence-corrected chi connectivity index (χ1v) is 9.70. The van der Waals surface area contributed by atoms with Crippen molar-refractivity contribution in [2.75, 3.05) is 13.1 Å². The van der Waals surface area contributed by atoms with Crippen LogP contribution >= 0.6 is 0 Å². The van der Waals surface area contributed by atoms with E-state index in [4.69, 9.17) is 0 Å². The van der Waals surface area contributed by atoms with Gasteiger partial charge in [-0.2, -0.15) is 0 Å². The van der Waals surface area contributed by atoms with Gasteiger partial charge in [0.05, 0.1) is 22.2 Å². The molecule has 0 aliphatic carbocycles. The summed E-state index contributed by atoms with van der Waals surface area (Å²) in [4.78, 5) is 42.5. The topological polar surface area (TPSA) is 84.3 Å². The molecule has 0 bridgehead atoms. The van der Waals surface area contributed by atoms with Gasteiger partial charge in [0.1, 0.15) is 5.82 Å². The number of amides is 3. The third kappa shape index (κ3) is 3.63. The second-order valence-electron chi connectivity index (χ2n) is 7.06. The Hall–Kier alpha value is -3.48. The molecule has 1 N–H and O–H groups in total. The highest BCUT2D eigenvalue weighted by Gasteiger charge is 2.34. The molecule has 0 saturated carbocycles. The van der Waals surface area contributed by atoms with Gasteiger partial charge in [0, 0.05) is 26.1 Å². The number of rotatable bonds is 7. The van der Waals surface area contributed by atoms with E-state index in [-0.39, 0.29) is 30.7 Å². The number of benzene rings is 2. The molecule has 7 heteroatoms. The number of nitrogens with zero attached hydrogens (tertiary/aromatic N) is 3. The van der Waals surface area contributed by atoms with Crippen LogP contribution in [0.3, 0.4) is 0 Å². The Balaban J connectivity index is 1.24. The number of aryl methyl sites for hydroxylation is 1. The van der Waals surface area contributed by atoms with Crippen molar-refractivity contribution >= 4 is 28.8 Å². The zero-order valence-corrected chi connectivity index (χ0v) is 16.2. The Morgan fingerprint density at radius 2 is 1.62 bits per heavy atom. The lowest BCUT2D eigenvalue weighted by Crippen LogP contribution is -2.32. The molecule has 0 atom stereocenters. The molecule has 0 unspecified atom stereocenters. The summed E-state index contributed by atoms with van der Waals surface area (Å²) in [6, 6.07) is 14.7. The van der Waals surface area contributed by atoms with Gasteiger partial charge in [0.25, 0.3) is 11.8 Å². The number of aromatic nitrogens is 2. The zero-order chi connectivity index (χ0) is 20.4. The number of imide groups is 1. The van der Waals surface area contributed by atoms with E-state index < -0.39 is 0 Å². The maximum absolute atomic E-state index is 12.3. The van der Waals surface area contributed by atoms with Gasteiger partial charge in [-0.15, -0.1) is 0 Å². The molecule has 2 heterocycles. The van der Waals surface area contributed by atoms with E-state index in [9.17, 15) is 14.4 Å². The van der Waals surface area contributed by atoms with Gasteiger partial charge in [0.15, 0.2) is 0 Å². The number of hydrogen-bond acceptors (Lipinski definition) is 4. The van der Waals surface area contributed by atoms with Crippen molar-refractivity contribution in [2.45, 2.75) is 26.3 Å². The molecule has 29 heavy (non-hydrogen) atoms. The van der Waals surface area contributed by atoms with Crippen molar-refractivity contribution in [1.29, 1.82) is 0 Å². The Labute approximate surface area is 168 Å². The van der Waals surface area contributed by atoms with E-state index >= 15 is 0 Å². The Kier molecular flexibility index (Phi) is 5.12. The van der Waals surface area contributed by atoms with Crippen LogP contribution in [0.5, 0.6) is 0 Å². The van der Waals surface area contributed by atoms with Crippen LogP contribution in [0, 0.1) is 6.92 Å². The smallest absolute Gasteiger partial charge is 0.261 e. The van der Waals surface area contributed by atoms with Crippen LogP contribution in [0.15, 0.2) is 48.5 Å². The number of nitrogens with one attached hydrogen (secondary N) is 1. The average Bonchev–Trinajstić information content (AvgIpc) is 3.17. The number of para-hydroxylation sites is 2. The van der Waals surface area contributed by atoms with Crippen molar-refractivity contribution in [1.82, 2.24) is 19.8 Å². The van der Waals surface area contributed by atoms with Crippen LogP contribution in [-0.4, -0.2) is 45.3 Å². The fraction of sp³-hybridized carbons (Fsp3) is 0.273. The van der Waals surface area contributed by atoms with Crippen molar-refractivity contribution in [3.8, 4) is 0 Å². The predicted octanol–water partition coefficient (Wildman–Crippen LogP) is 2.54. The normalized spacial score (nSPS) is 13.2. The third-order valence-electron chi connectivity index (χ3n) is 5.17. The summed E-state index contributed by atoms with van der Waals surface area (Å²) in [7, 11) is 0. The van der Waals surface area contributed by atoms with E-state index in [1.165, 1.54) is 4.90 Å². The van der Waals surface area contributed by atoms with E-state index in [2.05, 4.69) is 14.9 Å². The highest BCUT2D eigenvalue weighted by molar-refractivity contribution is 6.21. The molecule has 0 fully saturated rings. The Bertz CT molecular complexity index is 1070. The SMILES string of the molecule is Cc1nc2ccccc2n1CCNC(=O)CCCN1C(=O)c2ccccc2C1=O. The van der Waals surface area contributed by atoms with Crippen LogP contribution in [0.2, 0.25) is 0 Å². The van der Waals surface area contributed by atoms with Gasteiger partial charge in [-0.05, 0) is 37.6 Å². The van der Waals surface area contributed by atoms with Gasteiger partial charge in [-0.25, -0.2) is 4.98 Å². The first-order valence-electron chi connectivity index (χ1n) is 9.70. The molecule has 4 rings (SSSR count). The standard InChI is InChI=1S/C22H22N4O3/c1-15-24-18-9-4-5-10-19(18)25(15)14-12-23-20(27)11-6-13-26-21(28)16-7-2-3-8-17(16)22(26)29/h2-5,7-10H,6,11-14H2,1H3,(H,23,27). The lowest BCUT2D eigenvalue weighted by atomic mass is 10.1. The van der Waals surface area contributed by atoms with Gasteiger partial charge in [-0.1, -0.05) is 24.3 Å². The summed E-state index contributed by atoms with van der Waals surface area (Å²) in [6.07, 6.45) is 0.696. The molecule has 1 aliphatic rings. The minimum absolute atomic E-state index is 0.0938. The van der Waals surface area contributed by atoms with E-state index in [0.29, 0.717) is 30.6 Å². The first kappa shape index (κ1) is 18.9. The maximum Gasteiger partial charge on any atom is 0.261 e. The Morgan fingerprint density at radius 1 is 0.966 bits per heavy atom. The molecule has 0 radical (unpaired) electrons. The first-order chi connectivity index (χ1) is 14.1. The van der Waals surface area contributed by atoms with Crippen LogP contribution < -0.4 is 5.32 Å². The quantitative estimate of drug-likeness (QED) is 0.629. The number of carbonyl (C=O) groups is 3. The number of hydrogen-bond donors (Lipinski definition) is 1. The van der Waals surface area contributed by atoms with E-state index in [0.717, 1.165) is 16.9 Å². The van der Waals surface area contributed by atoms with Gasteiger partial charge < -0.3 is 9.88 Å². The van der Waals surface area contributed by atoms with E-state index in [1.54, 1.807) is 24.3 Å². The predicted molar refractivity (Wildman–Crippen MR) is 109 cm³/mol. The van der Waals surface area contributed by atoms with Crippen molar-refractivity contribution < 1.29 is 14.4 Å². The molecular formula is C22H22N4O3. The zero-order valence-electron chi connectivity index (χ0n) is 16.2. The largest absolute Gasteiger partial charge is 0.354 e. The minimum atomic E-state index is -0.284. The molecule has 148 valence electrons. The van der Waals surface area contributed by atoms with Gasteiger partial charge in [-0.3, -0.25) is 19.3 Å². The summed E-state index contributed by atoms with van der Waals surface area (Å²) in [6.45, 7) is 3.32. The van der Waals surface area contributed by atoms with Gasteiger partial charge >= 0.3 is 0 Å². The Morgan fingerprint density at radius 3 is 2.34 bits per heavy atom. The molecule has 1 aromatic heterocycles. The highest BCUT2D eigenvalue weighted by Crippen LogP contribution is 2.22. The van der Waals surface area contributed by atoms with Crippen LogP contribution in [0.4, 0.5) is 0 Å². The number of imidazole rings is 1. The maximum atomic E-state index is 12.3. The average molecular weight is 390 g/mol. The number of carbonyl (C=O) groups excluding carboxylic acids is 3. The molecule has 2 aromatic carbocycles. The van der Waals surface area contributed by atoms with Crippen LogP contribution in [0.25, 0.3) is 11.0 Å². The van der Waals surface area contributed by atoms with Crippen LogP contribution in [0.1, 0.15) is 39.4 Å². The van der Waals surface area contributed by atoms with Crippen molar-refractivity contribution in [2.24, 2.45) is 0 Å². The van der Waals surface area contributed by atoms with Gasteiger partial charge in [0.2, 0.25) is 5.91 Å². The van der Waals surface area contributed by atoms with Crippen LogP contribution in [-0.2, 0) is 11.3 Å². The highest BCUT2D eigenvalue weighted by atomic mass is 16.2. The van der Waals surface area contributed by atoms with Crippen molar-refractivity contribution in [3.05, 3.63) is 65.5 Å². The van der Waals surface area contributed by atoms with E-state index in [1.807, 2.05) is 31.2 Å². The summed E-state index contributed by atoms with van der Waals surface area (Å²) in [5.74, 6) is 0.247. The summed E-state index contributed by atoms with van der Waals surface area (Å²) in [5.41, 5.74) is 2.86. The second kappa shape index (κ2) is 7.87. The fourth-order valence-corrected chi connectivity index (χ4v) is 3.71. The lowest BCUT2D eigenvalue weighted by molar-refractivity contribution is -0.121. The molecular weight excluding hydrogens is 368 g/mol. The molecule has 1 aliphatic heterocycles. The molecule has 3 amide bonds. The second-order valence-corrected chi connectivity index (χ2v) is 7.06. The lowest BCUT2D eigenvalue weighted by Gasteiger charge is -2.13. The number of fused-ring (bicyclic) bond motifs is 2. The molecule has 3 aromatic rings. The fourth-order valence-electron chi connectivity index (χ4n) is 3.71. The molecule has 0 spiro atoms. The monoisotopic (exact) mass is 390 g/mol. The third-order valence-corrected chi connectivity index (χ3v) is 5.17. The summed E-state index contributed by atoms with van der Waals surface area (Å²) >= 11 is 0. The summed E-state index contributed by atoms with van der Waals surface area (Å²) in [5, 5.41) is 2.90. The van der Waals surface area contributed by atoms with Crippen molar-refractivity contribution in [3.63, 3.8) is 0 Å². The molecule has 0 saturated heterocycles.